The van der Waals surface area contributed by atoms with Gasteiger partial charge < -0.3 is 14.4 Å². The molecule has 0 atom stereocenters. The van der Waals surface area contributed by atoms with Crippen LogP contribution in [-0.2, 0) is 0 Å². The van der Waals surface area contributed by atoms with Crippen LogP contribution in [0.5, 0.6) is 5.75 Å². The smallest absolute Gasteiger partial charge is 0.289 e. The first kappa shape index (κ1) is 21.3. The van der Waals surface area contributed by atoms with Crippen LogP contribution < -0.4 is 10.0 Å². The SMILES string of the molecule is Cc1cc(C=Nc2ccc([NH+]3CCN(C(=O)c4ccco4)CC3)cc2)c([O-])c([N+](=O)[O-])c1. The summed E-state index contributed by atoms with van der Waals surface area (Å²) in [6, 6.07) is 13.8. The van der Waals surface area contributed by atoms with E-state index in [4.69, 9.17) is 4.42 Å². The lowest BCUT2D eigenvalue weighted by Gasteiger charge is -2.31. The Labute approximate surface area is 184 Å². The van der Waals surface area contributed by atoms with Crippen LogP contribution in [-0.4, -0.2) is 48.1 Å². The van der Waals surface area contributed by atoms with Crippen molar-refractivity contribution < 1.29 is 24.1 Å². The first-order chi connectivity index (χ1) is 15.4. The zero-order chi connectivity index (χ0) is 22.7. The molecular formula is C23H22N4O5. The summed E-state index contributed by atoms with van der Waals surface area (Å²) in [5.74, 6) is -0.379. The van der Waals surface area contributed by atoms with Crippen LogP contribution in [0, 0.1) is 17.0 Å². The number of nitrogens with one attached hydrogen (secondary N) is 1. The fourth-order valence-corrected chi connectivity index (χ4v) is 3.76. The van der Waals surface area contributed by atoms with Crippen molar-refractivity contribution in [2.24, 2.45) is 4.99 Å². The van der Waals surface area contributed by atoms with E-state index >= 15 is 0 Å². The average molecular weight is 434 g/mol. The highest BCUT2D eigenvalue weighted by Gasteiger charge is 2.26. The third-order valence-electron chi connectivity index (χ3n) is 5.45. The van der Waals surface area contributed by atoms with Crippen LogP contribution in [0.15, 0.2) is 64.2 Å². The zero-order valence-corrected chi connectivity index (χ0v) is 17.5. The molecule has 0 aliphatic carbocycles. The molecule has 1 aromatic heterocycles. The first-order valence-corrected chi connectivity index (χ1v) is 10.2. The molecule has 32 heavy (non-hydrogen) atoms. The number of piperazine rings is 1. The number of nitro groups is 1. The number of nitro benzene ring substituents is 1. The normalized spacial score (nSPS) is 14.7. The van der Waals surface area contributed by atoms with E-state index in [1.165, 1.54) is 23.4 Å². The van der Waals surface area contributed by atoms with Crippen molar-refractivity contribution in [3.63, 3.8) is 0 Å². The van der Waals surface area contributed by atoms with E-state index in [-0.39, 0.29) is 11.5 Å². The Bertz CT molecular complexity index is 1150. The summed E-state index contributed by atoms with van der Waals surface area (Å²) in [6.07, 6.45) is 2.86. The standard InChI is InChI=1S/C23H22N4O5/c1-16-13-17(22(28)20(14-16)27(30)31)15-24-18-4-6-19(7-5-18)25-8-10-26(11-9-25)23(29)21-3-2-12-32-21/h2-7,12-15,28H,8-11H2,1H3. The second-order valence-corrected chi connectivity index (χ2v) is 7.64. The van der Waals surface area contributed by atoms with Crippen LogP contribution in [0.25, 0.3) is 0 Å². The van der Waals surface area contributed by atoms with E-state index in [0.29, 0.717) is 30.1 Å². The number of furan rings is 1. The van der Waals surface area contributed by atoms with Gasteiger partial charge in [0, 0.05) is 24.4 Å². The molecule has 0 spiro atoms. The monoisotopic (exact) mass is 434 g/mol. The first-order valence-electron chi connectivity index (χ1n) is 10.2. The maximum atomic E-state index is 12.4. The molecule has 3 aromatic rings. The van der Waals surface area contributed by atoms with Gasteiger partial charge >= 0.3 is 0 Å². The number of hydrogen-bond donors (Lipinski definition) is 1. The maximum absolute atomic E-state index is 12.4. The van der Waals surface area contributed by atoms with Crippen molar-refractivity contribution in [3.05, 3.63) is 81.8 Å². The molecule has 0 saturated carbocycles. The Kier molecular flexibility index (Phi) is 6.00. The average Bonchev–Trinajstić information content (AvgIpc) is 3.34. The van der Waals surface area contributed by atoms with Crippen LogP contribution in [0.4, 0.5) is 17.1 Å². The predicted octanol–water partition coefficient (Wildman–Crippen LogP) is 1.99. The van der Waals surface area contributed by atoms with Gasteiger partial charge in [-0.15, -0.1) is 0 Å². The molecule has 0 bridgehead atoms. The molecule has 1 aliphatic rings. The number of rotatable bonds is 5. The lowest BCUT2D eigenvalue weighted by atomic mass is 10.1. The minimum atomic E-state index is -0.674. The molecule has 1 N–H and O–H groups in total. The van der Waals surface area contributed by atoms with Gasteiger partial charge in [0.1, 0.15) is 5.69 Å². The van der Waals surface area contributed by atoms with E-state index in [0.717, 1.165) is 18.8 Å². The van der Waals surface area contributed by atoms with E-state index < -0.39 is 16.4 Å². The Balaban J connectivity index is 1.40. The van der Waals surface area contributed by atoms with Gasteiger partial charge in [-0.25, -0.2) is 0 Å². The summed E-state index contributed by atoms with van der Waals surface area (Å²) >= 11 is 0. The summed E-state index contributed by atoms with van der Waals surface area (Å²) < 4.78 is 5.20. The number of aryl methyl sites for hydroxylation is 1. The predicted molar refractivity (Wildman–Crippen MR) is 116 cm³/mol. The van der Waals surface area contributed by atoms with Gasteiger partial charge in [-0.05, 0) is 48.1 Å². The molecule has 9 heteroatoms. The Morgan fingerprint density at radius 3 is 2.53 bits per heavy atom. The number of aliphatic imine (C=N–C) groups is 1. The van der Waals surface area contributed by atoms with Gasteiger partial charge in [-0.3, -0.25) is 24.8 Å². The van der Waals surface area contributed by atoms with Gasteiger partial charge in [-0.1, -0.05) is 6.07 Å². The number of hydrogen-bond acceptors (Lipinski definition) is 6. The summed E-state index contributed by atoms with van der Waals surface area (Å²) in [5, 5.41) is 23.3. The molecule has 1 fully saturated rings. The number of amides is 1. The minimum absolute atomic E-state index is 0.0899. The number of benzene rings is 2. The van der Waals surface area contributed by atoms with E-state index in [1.807, 2.05) is 24.3 Å². The molecule has 164 valence electrons. The molecule has 2 heterocycles. The number of carbonyl (C=O) groups is 1. The number of quaternary nitrogens is 1. The maximum Gasteiger partial charge on any atom is 0.289 e. The second-order valence-electron chi connectivity index (χ2n) is 7.64. The topological polar surface area (TPSA) is 116 Å². The lowest BCUT2D eigenvalue weighted by Crippen LogP contribution is -3.10. The van der Waals surface area contributed by atoms with Crippen molar-refractivity contribution in [2.45, 2.75) is 6.92 Å². The van der Waals surface area contributed by atoms with Crippen LogP contribution in [0.3, 0.4) is 0 Å². The number of nitrogens with zero attached hydrogens (tertiary/aromatic N) is 3. The highest BCUT2D eigenvalue weighted by Crippen LogP contribution is 2.28. The Hall–Kier alpha value is -3.98. The highest BCUT2D eigenvalue weighted by atomic mass is 16.6. The molecule has 1 amide bonds. The van der Waals surface area contributed by atoms with Crippen LogP contribution in [0.2, 0.25) is 0 Å². The number of carbonyl (C=O) groups excluding carboxylic acids is 1. The fourth-order valence-electron chi connectivity index (χ4n) is 3.76. The highest BCUT2D eigenvalue weighted by molar-refractivity contribution is 5.91. The summed E-state index contributed by atoms with van der Waals surface area (Å²) in [7, 11) is 0. The third-order valence-corrected chi connectivity index (χ3v) is 5.45. The van der Waals surface area contributed by atoms with E-state index in [1.54, 1.807) is 30.0 Å². The van der Waals surface area contributed by atoms with Crippen molar-refractivity contribution in [1.82, 2.24) is 4.90 Å². The van der Waals surface area contributed by atoms with Crippen LogP contribution in [0.1, 0.15) is 21.7 Å². The van der Waals surface area contributed by atoms with Crippen LogP contribution >= 0.6 is 0 Å². The summed E-state index contributed by atoms with van der Waals surface area (Å²) in [4.78, 5) is 30.1. The summed E-state index contributed by atoms with van der Waals surface area (Å²) in [5.41, 5.74) is 2.09. The summed E-state index contributed by atoms with van der Waals surface area (Å²) in [6.45, 7) is 4.52. The van der Waals surface area contributed by atoms with Crippen molar-refractivity contribution in [3.8, 4) is 5.75 Å². The van der Waals surface area contributed by atoms with Gasteiger partial charge in [-0.2, -0.15) is 0 Å². The van der Waals surface area contributed by atoms with Crippen molar-refractivity contribution >= 4 is 29.2 Å². The minimum Gasteiger partial charge on any atom is -0.867 e. The zero-order valence-electron chi connectivity index (χ0n) is 17.5. The van der Waals surface area contributed by atoms with Gasteiger partial charge in [0.15, 0.2) is 5.76 Å². The van der Waals surface area contributed by atoms with Crippen molar-refractivity contribution in [2.75, 3.05) is 26.2 Å². The molecule has 1 saturated heterocycles. The Morgan fingerprint density at radius 2 is 1.91 bits per heavy atom. The van der Waals surface area contributed by atoms with Gasteiger partial charge in [0.25, 0.3) is 11.6 Å². The lowest BCUT2D eigenvalue weighted by molar-refractivity contribution is -0.837. The molecule has 0 radical (unpaired) electrons. The molecule has 4 rings (SSSR count). The van der Waals surface area contributed by atoms with Gasteiger partial charge in [0.2, 0.25) is 0 Å². The second kappa shape index (κ2) is 9.03. The van der Waals surface area contributed by atoms with E-state index in [9.17, 15) is 20.0 Å². The third kappa shape index (κ3) is 4.52. The fraction of sp³-hybridized carbons (Fsp3) is 0.217. The molecular weight excluding hydrogens is 412 g/mol. The quantitative estimate of drug-likeness (QED) is 0.375. The molecule has 0 unspecified atom stereocenters. The largest absolute Gasteiger partial charge is 0.867 e. The molecule has 1 aliphatic heterocycles. The Morgan fingerprint density at radius 1 is 1.19 bits per heavy atom. The molecule has 9 nitrogen and oxygen atoms in total. The molecule has 2 aromatic carbocycles. The van der Waals surface area contributed by atoms with Crippen molar-refractivity contribution in [1.29, 1.82) is 0 Å². The van der Waals surface area contributed by atoms with E-state index in [2.05, 4.69) is 4.99 Å². The van der Waals surface area contributed by atoms with Gasteiger partial charge in [0.05, 0.1) is 43.1 Å².